The van der Waals surface area contributed by atoms with Crippen LogP contribution in [0.25, 0.3) is 0 Å². The first-order chi connectivity index (χ1) is 14.0. The Labute approximate surface area is 170 Å². The van der Waals surface area contributed by atoms with Gasteiger partial charge in [-0.25, -0.2) is 0 Å². The number of amides is 2. The molecule has 29 heavy (non-hydrogen) atoms. The number of benzene rings is 2. The summed E-state index contributed by atoms with van der Waals surface area (Å²) in [6, 6.07) is 13.8. The number of ether oxygens (including phenoxy) is 1. The zero-order valence-electron chi connectivity index (χ0n) is 16.7. The number of likely N-dealkylation sites (N-methyl/N-ethyl adjacent to an activating group) is 1. The SMILES string of the molecule is Cc1ccccc1[C@H]1[C@H]2CNC[C@H]2CN1C(=O)c1ccc2c(c1)N(C)C(=O)CO2. The van der Waals surface area contributed by atoms with Crippen LogP contribution in [0.4, 0.5) is 5.69 Å². The predicted octanol–water partition coefficient (Wildman–Crippen LogP) is 2.38. The molecule has 3 atom stereocenters. The van der Waals surface area contributed by atoms with Crippen LogP contribution in [0.15, 0.2) is 42.5 Å². The quantitative estimate of drug-likeness (QED) is 0.854. The normalized spacial score (nSPS) is 25.6. The van der Waals surface area contributed by atoms with Crippen LogP contribution >= 0.6 is 0 Å². The fourth-order valence-corrected chi connectivity index (χ4v) is 5.02. The van der Waals surface area contributed by atoms with Crippen molar-refractivity contribution in [1.29, 1.82) is 0 Å². The summed E-state index contributed by atoms with van der Waals surface area (Å²) in [5, 5.41) is 3.50. The van der Waals surface area contributed by atoms with E-state index in [1.807, 2.05) is 17.0 Å². The van der Waals surface area contributed by atoms with Gasteiger partial charge in [-0.05, 0) is 42.2 Å². The van der Waals surface area contributed by atoms with Crippen LogP contribution in [0, 0.1) is 18.8 Å². The van der Waals surface area contributed by atoms with Crippen molar-refractivity contribution in [1.82, 2.24) is 10.2 Å². The number of carbonyl (C=O) groups excluding carboxylic acids is 2. The third-order valence-electron chi connectivity index (χ3n) is 6.63. The van der Waals surface area contributed by atoms with Crippen molar-refractivity contribution in [3.05, 3.63) is 59.2 Å². The van der Waals surface area contributed by atoms with E-state index in [1.165, 1.54) is 11.1 Å². The number of aryl methyl sites for hydroxylation is 1. The maximum atomic E-state index is 13.6. The summed E-state index contributed by atoms with van der Waals surface area (Å²) in [4.78, 5) is 29.2. The average molecular weight is 391 g/mol. The number of anilines is 1. The van der Waals surface area contributed by atoms with Crippen LogP contribution in [0.5, 0.6) is 5.75 Å². The van der Waals surface area contributed by atoms with Crippen LogP contribution in [0.3, 0.4) is 0 Å². The smallest absolute Gasteiger partial charge is 0.264 e. The Morgan fingerprint density at radius 1 is 1.17 bits per heavy atom. The summed E-state index contributed by atoms with van der Waals surface area (Å²) < 4.78 is 5.51. The largest absolute Gasteiger partial charge is 0.482 e. The van der Waals surface area contributed by atoms with Gasteiger partial charge in [0, 0.05) is 38.2 Å². The van der Waals surface area contributed by atoms with E-state index in [9.17, 15) is 9.59 Å². The molecule has 3 aliphatic rings. The molecule has 0 radical (unpaired) electrons. The molecule has 0 bridgehead atoms. The summed E-state index contributed by atoms with van der Waals surface area (Å²) in [5.41, 5.74) is 3.69. The number of nitrogens with zero attached hydrogens (tertiary/aromatic N) is 2. The van der Waals surface area contributed by atoms with Gasteiger partial charge in [0.25, 0.3) is 11.8 Å². The van der Waals surface area contributed by atoms with Gasteiger partial charge in [0.1, 0.15) is 5.75 Å². The second kappa shape index (κ2) is 6.88. The molecule has 6 heteroatoms. The molecule has 0 unspecified atom stereocenters. The highest BCUT2D eigenvalue weighted by molar-refractivity contribution is 6.01. The van der Waals surface area contributed by atoms with E-state index >= 15 is 0 Å². The number of fused-ring (bicyclic) bond motifs is 2. The number of hydrogen-bond donors (Lipinski definition) is 1. The molecule has 0 aliphatic carbocycles. The second-order valence-electron chi connectivity index (χ2n) is 8.27. The number of nitrogens with one attached hydrogen (secondary N) is 1. The van der Waals surface area contributed by atoms with Crippen molar-refractivity contribution in [2.24, 2.45) is 11.8 Å². The minimum absolute atomic E-state index is 0.0156. The van der Waals surface area contributed by atoms with E-state index in [4.69, 9.17) is 4.74 Å². The van der Waals surface area contributed by atoms with Gasteiger partial charge in [0.15, 0.2) is 6.61 Å². The summed E-state index contributed by atoms with van der Waals surface area (Å²) in [7, 11) is 1.72. The topological polar surface area (TPSA) is 61.9 Å². The first kappa shape index (κ1) is 18.2. The Morgan fingerprint density at radius 3 is 2.83 bits per heavy atom. The summed E-state index contributed by atoms with van der Waals surface area (Å²) in [6.45, 7) is 4.78. The fraction of sp³-hybridized carbons (Fsp3) is 0.391. The Kier molecular flexibility index (Phi) is 4.32. The average Bonchev–Trinajstić information content (AvgIpc) is 3.32. The van der Waals surface area contributed by atoms with Gasteiger partial charge >= 0.3 is 0 Å². The molecular formula is C23H25N3O3. The predicted molar refractivity (Wildman–Crippen MR) is 110 cm³/mol. The van der Waals surface area contributed by atoms with Crippen LogP contribution in [-0.4, -0.2) is 50.0 Å². The molecular weight excluding hydrogens is 366 g/mol. The molecule has 0 spiro atoms. The zero-order chi connectivity index (χ0) is 20.1. The molecule has 3 aliphatic heterocycles. The molecule has 5 rings (SSSR count). The number of hydrogen-bond acceptors (Lipinski definition) is 4. The van der Waals surface area contributed by atoms with E-state index in [2.05, 4.69) is 30.4 Å². The molecule has 150 valence electrons. The molecule has 1 N–H and O–H groups in total. The maximum Gasteiger partial charge on any atom is 0.264 e. The summed E-state index contributed by atoms with van der Waals surface area (Å²) in [5.74, 6) is 1.43. The number of likely N-dealkylation sites (tertiary alicyclic amines) is 1. The lowest BCUT2D eigenvalue weighted by atomic mass is 9.87. The fourth-order valence-electron chi connectivity index (χ4n) is 5.02. The zero-order valence-corrected chi connectivity index (χ0v) is 16.7. The van der Waals surface area contributed by atoms with E-state index in [0.717, 1.165) is 19.6 Å². The summed E-state index contributed by atoms with van der Waals surface area (Å²) >= 11 is 0. The lowest BCUT2D eigenvalue weighted by Gasteiger charge is -2.31. The van der Waals surface area contributed by atoms with Crippen molar-refractivity contribution in [3.8, 4) is 5.75 Å². The van der Waals surface area contributed by atoms with Gasteiger partial charge < -0.3 is 19.9 Å². The van der Waals surface area contributed by atoms with Crippen molar-refractivity contribution >= 4 is 17.5 Å². The van der Waals surface area contributed by atoms with Crippen LogP contribution in [-0.2, 0) is 4.79 Å². The lowest BCUT2D eigenvalue weighted by molar-refractivity contribution is -0.120. The minimum atomic E-state index is -0.110. The Morgan fingerprint density at radius 2 is 2.00 bits per heavy atom. The van der Waals surface area contributed by atoms with E-state index in [0.29, 0.717) is 28.8 Å². The molecule has 0 saturated carbocycles. The molecule has 2 aromatic rings. The van der Waals surface area contributed by atoms with Crippen LogP contribution < -0.4 is 15.0 Å². The Balaban J connectivity index is 1.52. The monoisotopic (exact) mass is 391 g/mol. The third-order valence-corrected chi connectivity index (χ3v) is 6.63. The maximum absolute atomic E-state index is 13.6. The molecule has 0 aromatic heterocycles. The van der Waals surface area contributed by atoms with Crippen molar-refractivity contribution in [3.63, 3.8) is 0 Å². The first-order valence-electron chi connectivity index (χ1n) is 10.1. The lowest BCUT2D eigenvalue weighted by Crippen LogP contribution is -2.37. The van der Waals surface area contributed by atoms with Gasteiger partial charge in [-0.2, -0.15) is 0 Å². The van der Waals surface area contributed by atoms with E-state index < -0.39 is 0 Å². The Hall–Kier alpha value is -2.86. The molecule has 6 nitrogen and oxygen atoms in total. The molecule has 2 amide bonds. The number of rotatable bonds is 2. The van der Waals surface area contributed by atoms with Gasteiger partial charge in [-0.1, -0.05) is 24.3 Å². The van der Waals surface area contributed by atoms with Crippen LogP contribution in [0.1, 0.15) is 27.5 Å². The molecule has 3 heterocycles. The van der Waals surface area contributed by atoms with Crippen LogP contribution in [0.2, 0.25) is 0 Å². The minimum Gasteiger partial charge on any atom is -0.482 e. The second-order valence-corrected chi connectivity index (χ2v) is 8.27. The molecule has 2 fully saturated rings. The molecule has 2 saturated heterocycles. The third kappa shape index (κ3) is 2.90. The highest BCUT2D eigenvalue weighted by Gasteiger charge is 2.47. The standard InChI is InChI=1S/C23H25N3O3/c1-14-5-3-4-6-17(14)22-18-11-24-10-16(18)12-26(22)23(28)15-7-8-20-19(9-15)25(2)21(27)13-29-20/h3-9,16,18,22,24H,10-13H2,1-2H3/t16-,18-,22-/m0/s1. The van der Waals surface area contributed by atoms with Gasteiger partial charge in [0.2, 0.25) is 0 Å². The van der Waals surface area contributed by atoms with Crippen molar-refractivity contribution < 1.29 is 14.3 Å². The number of carbonyl (C=O) groups is 2. The highest BCUT2D eigenvalue weighted by atomic mass is 16.5. The van der Waals surface area contributed by atoms with Crippen molar-refractivity contribution in [2.45, 2.75) is 13.0 Å². The Bertz CT molecular complexity index is 989. The first-order valence-corrected chi connectivity index (χ1v) is 10.1. The highest BCUT2D eigenvalue weighted by Crippen LogP contribution is 2.44. The molecule has 2 aromatic carbocycles. The van der Waals surface area contributed by atoms with Gasteiger partial charge in [-0.15, -0.1) is 0 Å². The van der Waals surface area contributed by atoms with Gasteiger partial charge in [-0.3, -0.25) is 9.59 Å². The van der Waals surface area contributed by atoms with E-state index in [-0.39, 0.29) is 24.5 Å². The summed E-state index contributed by atoms with van der Waals surface area (Å²) in [6.07, 6.45) is 0. The van der Waals surface area contributed by atoms with Crippen molar-refractivity contribution in [2.75, 3.05) is 38.2 Å². The van der Waals surface area contributed by atoms with Gasteiger partial charge in [0.05, 0.1) is 11.7 Å². The van der Waals surface area contributed by atoms with E-state index in [1.54, 1.807) is 24.1 Å².